The molecule has 0 spiro atoms. The van der Waals surface area contributed by atoms with Gasteiger partial charge < -0.3 is 4.90 Å². The van der Waals surface area contributed by atoms with Crippen molar-refractivity contribution in [2.75, 3.05) is 52.4 Å². The van der Waals surface area contributed by atoms with E-state index in [1.165, 1.54) is 65.1 Å². The molecule has 2 fully saturated rings. The van der Waals surface area contributed by atoms with Gasteiger partial charge in [0.15, 0.2) is 0 Å². The maximum absolute atomic E-state index is 2.60. The lowest BCUT2D eigenvalue weighted by atomic mass is 9.86. The number of likely N-dealkylation sites (tertiary alicyclic amines) is 1. The van der Waals surface area contributed by atoms with Gasteiger partial charge in [-0.25, -0.2) is 0 Å². The summed E-state index contributed by atoms with van der Waals surface area (Å²) in [5, 5.41) is 0. The minimum Gasteiger partial charge on any atom is -0.301 e. The molecule has 0 amide bonds. The Bertz CT molecular complexity index is 513. The van der Waals surface area contributed by atoms with E-state index >= 15 is 0 Å². The number of piperidine rings is 1. The highest BCUT2D eigenvalue weighted by molar-refractivity contribution is 5.09. The topological polar surface area (TPSA) is 13.0 Å². The third kappa shape index (κ3) is 16.6. The first-order chi connectivity index (χ1) is 16.8. The van der Waals surface area contributed by atoms with Crippen LogP contribution in [0.3, 0.4) is 0 Å². The highest BCUT2D eigenvalue weighted by atomic mass is 15.3. The second kappa shape index (κ2) is 22.2. The van der Waals surface area contributed by atoms with Crippen molar-refractivity contribution < 1.29 is 0 Å². The van der Waals surface area contributed by atoms with Crippen LogP contribution in [-0.4, -0.2) is 96.1 Å². The van der Waals surface area contributed by atoms with Crippen LogP contribution in [0.4, 0.5) is 0 Å². The van der Waals surface area contributed by atoms with Crippen molar-refractivity contribution in [1.29, 1.82) is 0 Å². The fourth-order valence-electron chi connectivity index (χ4n) is 5.57. The Morgan fingerprint density at radius 1 is 0.513 bits per heavy atom. The van der Waals surface area contributed by atoms with E-state index in [0.717, 1.165) is 42.4 Å². The molecule has 4 nitrogen and oxygen atoms in total. The quantitative estimate of drug-likeness (QED) is 0.304. The molecule has 0 aromatic heterocycles. The second-order valence-electron chi connectivity index (χ2n) is 13.2. The fraction of sp³-hybridized carbons (Fsp3) is 0.943. The first kappa shape index (κ1) is 43.0. The van der Waals surface area contributed by atoms with Gasteiger partial charge in [-0.3, -0.25) is 14.7 Å². The molecular formula is C35H78N4. The van der Waals surface area contributed by atoms with Crippen molar-refractivity contribution >= 4 is 0 Å². The Morgan fingerprint density at radius 3 is 1.13 bits per heavy atom. The van der Waals surface area contributed by atoms with E-state index in [9.17, 15) is 0 Å². The van der Waals surface area contributed by atoms with Crippen LogP contribution in [0.5, 0.6) is 0 Å². The monoisotopic (exact) mass is 555 g/mol. The lowest BCUT2D eigenvalue weighted by Crippen LogP contribution is -2.50. The van der Waals surface area contributed by atoms with E-state index in [4.69, 9.17) is 0 Å². The zero-order valence-electron chi connectivity index (χ0n) is 26.7. The van der Waals surface area contributed by atoms with Crippen molar-refractivity contribution in [2.45, 2.75) is 149 Å². The van der Waals surface area contributed by atoms with E-state index in [1.54, 1.807) is 5.57 Å². The fourth-order valence-corrected chi connectivity index (χ4v) is 5.57. The van der Waals surface area contributed by atoms with Gasteiger partial charge in [0.25, 0.3) is 0 Å². The number of rotatable bonds is 6. The zero-order chi connectivity index (χ0) is 27.4. The molecule has 0 aromatic rings. The van der Waals surface area contributed by atoms with Crippen LogP contribution >= 0.6 is 0 Å². The van der Waals surface area contributed by atoms with Crippen LogP contribution in [0.1, 0.15) is 125 Å². The summed E-state index contributed by atoms with van der Waals surface area (Å²) in [5.74, 6) is 2.62. The van der Waals surface area contributed by atoms with Crippen LogP contribution in [-0.2, 0) is 0 Å². The van der Waals surface area contributed by atoms with Crippen molar-refractivity contribution in [3.05, 3.63) is 11.6 Å². The van der Waals surface area contributed by atoms with Crippen molar-refractivity contribution in [3.8, 4) is 0 Å². The van der Waals surface area contributed by atoms with Gasteiger partial charge in [0.1, 0.15) is 0 Å². The molecule has 0 aliphatic carbocycles. The van der Waals surface area contributed by atoms with Gasteiger partial charge >= 0.3 is 0 Å². The van der Waals surface area contributed by atoms with Crippen molar-refractivity contribution in [1.82, 2.24) is 19.6 Å². The van der Waals surface area contributed by atoms with Gasteiger partial charge in [-0.05, 0) is 105 Å². The maximum Gasteiger partial charge on any atom is 0.0168 e. The normalized spacial score (nSPS) is 20.1. The van der Waals surface area contributed by atoms with Gasteiger partial charge in [0.05, 0.1) is 0 Å². The Hall–Kier alpha value is -0.420. The molecule has 0 saturated carbocycles. The van der Waals surface area contributed by atoms with Crippen LogP contribution in [0.2, 0.25) is 0 Å². The summed E-state index contributed by atoms with van der Waals surface area (Å²) in [5.41, 5.74) is 1.65. The predicted octanol–water partition coefficient (Wildman–Crippen LogP) is 8.77. The third-order valence-corrected chi connectivity index (χ3v) is 8.80. The Kier molecular flexibility index (Phi) is 24.5. The third-order valence-electron chi connectivity index (χ3n) is 8.80. The van der Waals surface area contributed by atoms with Gasteiger partial charge in [-0.2, -0.15) is 0 Å². The summed E-state index contributed by atoms with van der Waals surface area (Å²) < 4.78 is 0. The number of hydrogen-bond acceptors (Lipinski definition) is 4. The SMILES string of the molecule is C.C.C.CC(C)C1=CCN(C(C)C)CC1.CC(C)C1CCN(C(C)C)CC1.CC(C)N1CCN(C(C)C)CC1. The Labute approximate surface area is 250 Å². The minimum atomic E-state index is 0. The van der Waals surface area contributed by atoms with Crippen molar-refractivity contribution in [3.63, 3.8) is 0 Å². The molecule has 2 saturated heterocycles. The lowest BCUT2D eigenvalue weighted by molar-refractivity contribution is 0.0887. The summed E-state index contributed by atoms with van der Waals surface area (Å²) in [6, 6.07) is 2.90. The molecule has 3 aliphatic rings. The molecule has 238 valence electrons. The summed E-state index contributed by atoms with van der Waals surface area (Å²) >= 11 is 0. The first-order valence-electron chi connectivity index (χ1n) is 15.5. The smallest absolute Gasteiger partial charge is 0.0168 e. The molecule has 39 heavy (non-hydrogen) atoms. The summed E-state index contributed by atoms with van der Waals surface area (Å²) in [6.07, 6.45) is 6.51. The number of piperazine rings is 1. The number of nitrogens with zero attached hydrogens (tertiary/aromatic N) is 4. The van der Waals surface area contributed by atoms with E-state index in [1.807, 2.05) is 0 Å². The Morgan fingerprint density at radius 2 is 0.872 bits per heavy atom. The first-order valence-corrected chi connectivity index (χ1v) is 15.5. The molecule has 4 heteroatoms. The number of hydrogen-bond donors (Lipinski definition) is 0. The standard InChI is InChI=1S/C11H23N.C11H21N.C10H22N2.3CH4/c3*1-9(2)11-5-7-12(8-6-11)10(3)4;;;/h9-11H,5-8H2,1-4H3;5,9-10H,6-8H2,1-4H3;9-10H,5-8H2,1-4H3;3*1H4. The molecule has 3 heterocycles. The van der Waals surface area contributed by atoms with E-state index in [2.05, 4.69) is 109 Å². The summed E-state index contributed by atoms with van der Waals surface area (Å²) in [7, 11) is 0. The molecule has 3 rings (SSSR count). The van der Waals surface area contributed by atoms with Gasteiger partial charge in [0, 0.05) is 63.4 Å². The predicted molar refractivity (Wildman–Crippen MR) is 182 cm³/mol. The molecule has 0 bridgehead atoms. The Balaban J connectivity index is -0.000000480. The van der Waals surface area contributed by atoms with Gasteiger partial charge in [-0.1, -0.05) is 61.6 Å². The zero-order valence-corrected chi connectivity index (χ0v) is 26.7. The van der Waals surface area contributed by atoms with Crippen LogP contribution in [0, 0.1) is 17.8 Å². The average Bonchev–Trinajstić information content (AvgIpc) is 2.84. The highest BCUT2D eigenvalue weighted by Gasteiger charge is 2.22. The molecule has 3 aliphatic heterocycles. The highest BCUT2D eigenvalue weighted by Crippen LogP contribution is 2.25. The largest absolute Gasteiger partial charge is 0.301 e. The molecule has 0 N–H and O–H groups in total. The van der Waals surface area contributed by atoms with E-state index < -0.39 is 0 Å². The second-order valence-corrected chi connectivity index (χ2v) is 13.2. The average molecular weight is 555 g/mol. The maximum atomic E-state index is 2.60. The summed E-state index contributed by atoms with van der Waals surface area (Å²) in [4.78, 5) is 10.2. The van der Waals surface area contributed by atoms with E-state index in [-0.39, 0.29) is 22.3 Å². The molecular weight excluding hydrogens is 476 g/mol. The van der Waals surface area contributed by atoms with Crippen LogP contribution < -0.4 is 0 Å². The summed E-state index contributed by atoms with van der Waals surface area (Å²) in [6.45, 7) is 37.6. The molecule has 0 atom stereocenters. The van der Waals surface area contributed by atoms with E-state index in [0.29, 0.717) is 6.04 Å². The minimum absolute atomic E-state index is 0. The molecule has 0 radical (unpaired) electrons. The van der Waals surface area contributed by atoms with Gasteiger partial charge in [-0.15, -0.1) is 0 Å². The van der Waals surface area contributed by atoms with Gasteiger partial charge in [0.2, 0.25) is 0 Å². The molecule has 0 unspecified atom stereocenters. The van der Waals surface area contributed by atoms with Crippen LogP contribution in [0.15, 0.2) is 11.6 Å². The van der Waals surface area contributed by atoms with Crippen molar-refractivity contribution in [2.24, 2.45) is 17.8 Å². The van der Waals surface area contributed by atoms with Crippen LogP contribution in [0.25, 0.3) is 0 Å². The molecule has 0 aromatic carbocycles. The lowest BCUT2D eigenvalue weighted by Gasteiger charge is -2.38.